The van der Waals surface area contributed by atoms with E-state index in [2.05, 4.69) is 15.3 Å². The quantitative estimate of drug-likeness (QED) is 0.750. The number of carbonyl (C=O) groups excluding carboxylic acids is 1. The summed E-state index contributed by atoms with van der Waals surface area (Å²) in [6.45, 7) is 1.86. The van der Waals surface area contributed by atoms with Crippen molar-refractivity contribution in [1.82, 2.24) is 9.97 Å². The van der Waals surface area contributed by atoms with E-state index in [4.69, 9.17) is 0 Å². The van der Waals surface area contributed by atoms with E-state index < -0.39 is 0 Å². The van der Waals surface area contributed by atoms with Gasteiger partial charge in [0.05, 0.1) is 6.42 Å². The van der Waals surface area contributed by atoms with Crippen molar-refractivity contribution >= 4 is 11.9 Å². The number of aromatic nitrogens is 2. The van der Waals surface area contributed by atoms with Crippen LogP contribution in [-0.4, -0.2) is 21.0 Å². The molecule has 0 bridgehead atoms. The summed E-state index contributed by atoms with van der Waals surface area (Å²) in [5.74, 6) is 0.418. The van der Waals surface area contributed by atoms with Crippen LogP contribution < -0.4 is 5.32 Å². The van der Waals surface area contributed by atoms with Crippen molar-refractivity contribution in [2.45, 2.75) is 13.3 Å². The van der Waals surface area contributed by atoms with Crippen LogP contribution in [0.3, 0.4) is 0 Å². The Bertz CT molecular complexity index is 534. The Hall–Kier alpha value is -2.30. The maximum atomic E-state index is 11.6. The van der Waals surface area contributed by atoms with Gasteiger partial charge in [0.25, 0.3) is 0 Å². The summed E-state index contributed by atoms with van der Waals surface area (Å²) in [7, 11) is 0. The van der Waals surface area contributed by atoms with E-state index in [0.717, 1.165) is 11.3 Å². The van der Waals surface area contributed by atoms with Gasteiger partial charge in [0.1, 0.15) is 5.75 Å². The fraction of sp³-hybridized carbons (Fsp3) is 0.167. The van der Waals surface area contributed by atoms with Crippen LogP contribution in [-0.2, 0) is 11.2 Å². The second-order valence-electron chi connectivity index (χ2n) is 3.81. The van der Waals surface area contributed by atoms with Crippen LogP contribution in [0.15, 0.2) is 30.5 Å². The molecule has 1 amide bonds. The van der Waals surface area contributed by atoms with Crippen LogP contribution in [0.2, 0.25) is 0 Å². The molecule has 0 atom stereocenters. The highest BCUT2D eigenvalue weighted by molar-refractivity contribution is 5.90. The van der Waals surface area contributed by atoms with E-state index in [0.29, 0.717) is 5.95 Å². The second kappa shape index (κ2) is 4.69. The van der Waals surface area contributed by atoms with Gasteiger partial charge in [-0.1, -0.05) is 12.1 Å². The van der Waals surface area contributed by atoms with Crippen molar-refractivity contribution in [3.8, 4) is 5.75 Å². The number of aromatic amines is 1. The Morgan fingerprint density at radius 3 is 3.00 bits per heavy atom. The largest absolute Gasteiger partial charge is 0.508 e. The average Bonchev–Trinajstić information content (AvgIpc) is 2.63. The zero-order chi connectivity index (χ0) is 12.3. The van der Waals surface area contributed by atoms with Crippen LogP contribution in [0.5, 0.6) is 5.75 Å². The third kappa shape index (κ3) is 3.07. The number of aromatic hydroxyl groups is 1. The van der Waals surface area contributed by atoms with Crippen molar-refractivity contribution in [3.63, 3.8) is 0 Å². The summed E-state index contributed by atoms with van der Waals surface area (Å²) in [6.07, 6.45) is 1.85. The molecule has 0 unspecified atom stereocenters. The lowest BCUT2D eigenvalue weighted by Crippen LogP contribution is -2.15. The maximum Gasteiger partial charge on any atom is 0.231 e. The van der Waals surface area contributed by atoms with Gasteiger partial charge in [0, 0.05) is 11.9 Å². The third-order valence-electron chi connectivity index (χ3n) is 2.24. The Balaban J connectivity index is 1.98. The fourth-order valence-corrected chi connectivity index (χ4v) is 1.50. The van der Waals surface area contributed by atoms with Crippen molar-refractivity contribution < 1.29 is 9.90 Å². The molecule has 5 nitrogen and oxygen atoms in total. The minimum atomic E-state index is -0.176. The van der Waals surface area contributed by atoms with Gasteiger partial charge < -0.3 is 10.1 Å². The van der Waals surface area contributed by atoms with E-state index in [1.54, 1.807) is 30.5 Å². The van der Waals surface area contributed by atoms with Crippen LogP contribution in [0, 0.1) is 6.92 Å². The summed E-state index contributed by atoms with van der Waals surface area (Å²) >= 11 is 0. The molecule has 0 radical (unpaired) electrons. The molecular weight excluding hydrogens is 218 g/mol. The molecule has 17 heavy (non-hydrogen) atoms. The first-order chi connectivity index (χ1) is 8.13. The van der Waals surface area contributed by atoms with Gasteiger partial charge in [0.2, 0.25) is 11.9 Å². The predicted octanol–water partition coefficient (Wildman–Crippen LogP) is 1.60. The van der Waals surface area contributed by atoms with Crippen molar-refractivity contribution in [3.05, 3.63) is 41.7 Å². The molecule has 3 N–H and O–H groups in total. The molecule has 1 aromatic heterocycles. The smallest absolute Gasteiger partial charge is 0.231 e. The number of aryl methyl sites for hydroxylation is 1. The van der Waals surface area contributed by atoms with Crippen molar-refractivity contribution in [1.29, 1.82) is 0 Å². The minimum absolute atomic E-state index is 0.157. The van der Waals surface area contributed by atoms with Crippen molar-refractivity contribution in [2.75, 3.05) is 5.32 Å². The summed E-state index contributed by atoms with van der Waals surface area (Å²) in [5, 5.41) is 11.9. The number of nitrogens with one attached hydrogen (secondary N) is 2. The van der Waals surface area contributed by atoms with Crippen molar-refractivity contribution in [2.24, 2.45) is 0 Å². The van der Waals surface area contributed by atoms with Crippen LogP contribution in [0.4, 0.5) is 5.95 Å². The van der Waals surface area contributed by atoms with E-state index in [-0.39, 0.29) is 18.1 Å². The second-order valence-corrected chi connectivity index (χ2v) is 3.81. The Labute approximate surface area is 98.5 Å². The summed E-state index contributed by atoms with van der Waals surface area (Å²) < 4.78 is 0. The van der Waals surface area contributed by atoms with Crippen LogP contribution in [0.1, 0.15) is 11.3 Å². The number of carbonyl (C=O) groups is 1. The van der Waals surface area contributed by atoms with Gasteiger partial charge in [-0.15, -0.1) is 0 Å². The number of anilines is 1. The average molecular weight is 231 g/mol. The van der Waals surface area contributed by atoms with Gasteiger partial charge in [-0.25, -0.2) is 4.98 Å². The number of imidazole rings is 1. The highest BCUT2D eigenvalue weighted by atomic mass is 16.3. The minimum Gasteiger partial charge on any atom is -0.508 e. The number of hydrogen-bond donors (Lipinski definition) is 3. The van der Waals surface area contributed by atoms with E-state index in [1.807, 2.05) is 6.92 Å². The Morgan fingerprint density at radius 2 is 2.35 bits per heavy atom. The molecule has 2 rings (SSSR count). The maximum absolute atomic E-state index is 11.6. The molecule has 1 aromatic carbocycles. The zero-order valence-corrected chi connectivity index (χ0v) is 9.40. The molecule has 0 spiro atoms. The molecule has 2 aromatic rings. The number of H-pyrrole nitrogens is 1. The molecule has 0 saturated heterocycles. The first kappa shape index (κ1) is 11.2. The van der Waals surface area contributed by atoms with Crippen LogP contribution in [0.25, 0.3) is 0 Å². The van der Waals surface area contributed by atoms with Crippen LogP contribution >= 0.6 is 0 Å². The highest BCUT2D eigenvalue weighted by Gasteiger charge is 2.06. The lowest BCUT2D eigenvalue weighted by atomic mass is 10.1. The lowest BCUT2D eigenvalue weighted by Gasteiger charge is -2.02. The molecule has 0 aliphatic heterocycles. The Kier molecular flexibility index (Phi) is 3.09. The molecule has 0 aliphatic carbocycles. The zero-order valence-electron chi connectivity index (χ0n) is 9.40. The van der Waals surface area contributed by atoms with E-state index in [9.17, 15) is 9.90 Å². The monoisotopic (exact) mass is 231 g/mol. The number of amides is 1. The summed E-state index contributed by atoms with van der Waals surface area (Å²) in [4.78, 5) is 18.5. The molecule has 1 heterocycles. The predicted molar refractivity (Wildman–Crippen MR) is 63.8 cm³/mol. The molecule has 88 valence electrons. The first-order valence-electron chi connectivity index (χ1n) is 5.23. The number of hydrogen-bond acceptors (Lipinski definition) is 3. The summed E-state index contributed by atoms with van der Waals surface area (Å²) in [6, 6.07) is 6.62. The van der Waals surface area contributed by atoms with Gasteiger partial charge in [0.15, 0.2) is 0 Å². The normalized spacial score (nSPS) is 10.2. The lowest BCUT2D eigenvalue weighted by molar-refractivity contribution is -0.115. The van der Waals surface area contributed by atoms with Gasteiger partial charge in [-0.2, -0.15) is 0 Å². The fourth-order valence-electron chi connectivity index (χ4n) is 1.50. The standard InChI is InChI=1S/C12H13N3O2/c1-8-7-13-12(14-8)15-11(17)6-9-3-2-4-10(16)5-9/h2-5,7,16H,6H2,1H3,(H2,13,14,15,17). The third-order valence-corrected chi connectivity index (χ3v) is 2.24. The number of phenols is 1. The van der Waals surface area contributed by atoms with Gasteiger partial charge in [-0.05, 0) is 24.6 Å². The van der Waals surface area contributed by atoms with E-state index >= 15 is 0 Å². The summed E-state index contributed by atoms with van der Waals surface area (Å²) in [5.41, 5.74) is 1.64. The van der Waals surface area contributed by atoms with Gasteiger partial charge >= 0.3 is 0 Å². The highest BCUT2D eigenvalue weighted by Crippen LogP contribution is 2.11. The van der Waals surface area contributed by atoms with E-state index in [1.165, 1.54) is 0 Å². The molecule has 0 aliphatic rings. The number of rotatable bonds is 3. The molecular formula is C12H13N3O2. The molecule has 0 saturated carbocycles. The number of nitrogens with zero attached hydrogens (tertiary/aromatic N) is 1. The number of benzene rings is 1. The van der Waals surface area contributed by atoms with Gasteiger partial charge in [-0.3, -0.25) is 10.1 Å². The molecule has 0 fully saturated rings. The Morgan fingerprint density at radius 1 is 1.53 bits per heavy atom. The SMILES string of the molecule is Cc1cnc(NC(=O)Cc2cccc(O)c2)[nH]1. The molecule has 5 heteroatoms. The topological polar surface area (TPSA) is 78.0 Å². The first-order valence-corrected chi connectivity index (χ1v) is 5.23. The number of phenolic OH excluding ortho intramolecular Hbond substituents is 1.